The molecule has 3 rings (SSSR count). The fourth-order valence-electron chi connectivity index (χ4n) is 3.64. The fraction of sp³-hybridized carbons (Fsp3) is 0.571. The number of rotatable bonds is 0. The van der Waals surface area contributed by atoms with Gasteiger partial charge < -0.3 is 10.4 Å². The maximum absolute atomic E-state index is 10.2. The minimum absolute atomic E-state index is 0. The van der Waals surface area contributed by atoms with Gasteiger partial charge in [-0.25, -0.2) is 0 Å². The van der Waals surface area contributed by atoms with E-state index in [-0.39, 0.29) is 17.8 Å². The second-order valence-corrected chi connectivity index (χ2v) is 7.42. The smallest absolute Gasteiger partial charge is 0.144 e. The van der Waals surface area contributed by atoms with E-state index in [1.165, 1.54) is 11.1 Å². The molecule has 0 radical (unpaired) electrons. The Morgan fingerprint density at radius 2 is 2.11 bits per heavy atom. The molecule has 0 aromatic heterocycles. The summed E-state index contributed by atoms with van der Waals surface area (Å²) >= 11 is 7.04. The Kier molecular flexibility index (Phi) is 4.28. The summed E-state index contributed by atoms with van der Waals surface area (Å²) in [7, 11) is 0. The Balaban J connectivity index is 0.00000133. The van der Waals surface area contributed by atoms with Gasteiger partial charge in [0.1, 0.15) is 5.75 Å². The third-order valence-corrected chi connectivity index (χ3v) is 6.32. The number of phenolic OH excluding ortho intramolecular Hbond substituents is 1. The number of halogens is 3. The van der Waals surface area contributed by atoms with E-state index in [2.05, 4.69) is 57.1 Å². The largest absolute Gasteiger partial charge is 0.506 e. The van der Waals surface area contributed by atoms with Crippen molar-refractivity contribution in [2.45, 2.75) is 38.1 Å². The molecule has 2 bridgehead atoms. The highest BCUT2D eigenvalue weighted by molar-refractivity contribution is 9.11. The molecule has 0 saturated carbocycles. The average molecular weight is 412 g/mol. The average Bonchev–Trinajstić information content (AvgIpc) is 2.30. The van der Waals surface area contributed by atoms with Gasteiger partial charge in [-0.15, -0.1) is 12.4 Å². The lowest BCUT2D eigenvalue weighted by Gasteiger charge is -2.50. The molecule has 1 aromatic carbocycles. The van der Waals surface area contributed by atoms with Crippen LogP contribution in [0.3, 0.4) is 0 Å². The van der Waals surface area contributed by atoms with Gasteiger partial charge in [0.25, 0.3) is 0 Å². The Morgan fingerprint density at radius 3 is 2.79 bits per heavy atom. The normalized spacial score (nSPS) is 32.4. The van der Waals surface area contributed by atoms with Gasteiger partial charge in [0, 0.05) is 6.04 Å². The standard InChI is InChI=1S/C14H17Br2NO.ClH/c1-7-10-6-8-5-9(15)13(18)12(16)11(8)14(7,2)3-4-17-10;/h5,7,10,17-18H,3-4,6H2,1-2H3;1H. The van der Waals surface area contributed by atoms with Crippen LogP contribution >= 0.6 is 44.3 Å². The lowest BCUT2D eigenvalue weighted by atomic mass is 9.59. The Morgan fingerprint density at radius 1 is 1.42 bits per heavy atom. The van der Waals surface area contributed by atoms with Crippen LogP contribution in [0.5, 0.6) is 5.75 Å². The fourth-order valence-corrected chi connectivity index (χ4v) is 5.30. The lowest BCUT2D eigenvalue weighted by molar-refractivity contribution is 0.157. The van der Waals surface area contributed by atoms with Crippen LogP contribution in [-0.4, -0.2) is 17.7 Å². The van der Waals surface area contributed by atoms with Gasteiger partial charge in [0.05, 0.1) is 8.95 Å². The zero-order chi connectivity index (χ0) is 13.1. The van der Waals surface area contributed by atoms with Crippen LogP contribution in [0.15, 0.2) is 15.0 Å². The molecule has 1 aliphatic heterocycles. The number of nitrogens with one attached hydrogen (secondary N) is 1. The molecule has 2 N–H and O–H groups in total. The summed E-state index contributed by atoms with van der Waals surface area (Å²) in [5.74, 6) is 0.926. The predicted octanol–water partition coefficient (Wildman–Crippen LogP) is 4.15. The molecule has 0 spiro atoms. The van der Waals surface area contributed by atoms with Crippen LogP contribution in [0, 0.1) is 5.92 Å². The molecule has 3 unspecified atom stereocenters. The third kappa shape index (κ3) is 2.15. The van der Waals surface area contributed by atoms with Crippen molar-refractivity contribution in [3.63, 3.8) is 0 Å². The number of piperidine rings is 1. The van der Waals surface area contributed by atoms with Crippen molar-refractivity contribution in [1.29, 1.82) is 0 Å². The highest BCUT2D eigenvalue weighted by Crippen LogP contribution is 2.52. The molecule has 2 nitrogen and oxygen atoms in total. The Labute approximate surface area is 137 Å². The van der Waals surface area contributed by atoms with Gasteiger partial charge in [-0.3, -0.25) is 0 Å². The van der Waals surface area contributed by atoms with Gasteiger partial charge in [-0.1, -0.05) is 13.8 Å². The minimum atomic E-state index is 0. The van der Waals surface area contributed by atoms with E-state index in [0.717, 1.165) is 28.3 Å². The van der Waals surface area contributed by atoms with Gasteiger partial charge in [0.15, 0.2) is 0 Å². The van der Waals surface area contributed by atoms with Crippen LogP contribution in [0.4, 0.5) is 0 Å². The summed E-state index contributed by atoms with van der Waals surface area (Å²) in [5.41, 5.74) is 2.82. The number of fused-ring (bicyclic) bond motifs is 4. The molecule has 3 atom stereocenters. The molecule has 1 aliphatic carbocycles. The van der Waals surface area contributed by atoms with E-state index < -0.39 is 0 Å². The summed E-state index contributed by atoms with van der Waals surface area (Å²) in [4.78, 5) is 0. The monoisotopic (exact) mass is 409 g/mol. The second-order valence-electron chi connectivity index (χ2n) is 5.78. The van der Waals surface area contributed by atoms with Crippen LogP contribution in [-0.2, 0) is 11.8 Å². The zero-order valence-corrected chi connectivity index (χ0v) is 15.0. The van der Waals surface area contributed by atoms with Crippen molar-refractivity contribution in [2.24, 2.45) is 5.92 Å². The van der Waals surface area contributed by atoms with Crippen LogP contribution in [0.2, 0.25) is 0 Å². The van der Waals surface area contributed by atoms with E-state index in [4.69, 9.17) is 0 Å². The van der Waals surface area contributed by atoms with Gasteiger partial charge in [-0.05, 0) is 79.8 Å². The van der Waals surface area contributed by atoms with Crippen molar-refractivity contribution in [1.82, 2.24) is 5.32 Å². The highest BCUT2D eigenvalue weighted by Gasteiger charge is 2.47. The van der Waals surface area contributed by atoms with E-state index in [1.54, 1.807) is 0 Å². The van der Waals surface area contributed by atoms with E-state index in [1.807, 2.05) is 0 Å². The number of aromatic hydroxyl groups is 1. The molecule has 1 saturated heterocycles. The third-order valence-electron chi connectivity index (χ3n) is 4.95. The Bertz CT molecular complexity index is 523. The summed E-state index contributed by atoms with van der Waals surface area (Å²) in [6, 6.07) is 2.64. The molecule has 19 heavy (non-hydrogen) atoms. The first kappa shape index (κ1) is 15.6. The molecular formula is C14H18Br2ClNO. The quantitative estimate of drug-likeness (QED) is 0.672. The summed E-state index contributed by atoms with van der Waals surface area (Å²) < 4.78 is 1.66. The summed E-state index contributed by atoms with van der Waals surface area (Å²) in [5, 5.41) is 13.8. The maximum atomic E-state index is 10.2. The summed E-state index contributed by atoms with van der Waals surface area (Å²) in [6.45, 7) is 5.72. The Hall–Kier alpha value is 0.230. The number of benzene rings is 1. The number of hydrogen-bond donors (Lipinski definition) is 2. The molecular weight excluding hydrogens is 393 g/mol. The van der Waals surface area contributed by atoms with Crippen molar-refractivity contribution < 1.29 is 5.11 Å². The van der Waals surface area contributed by atoms with E-state index in [9.17, 15) is 5.11 Å². The highest BCUT2D eigenvalue weighted by atomic mass is 79.9. The van der Waals surface area contributed by atoms with E-state index in [0.29, 0.717) is 17.7 Å². The molecule has 106 valence electrons. The van der Waals surface area contributed by atoms with Crippen LogP contribution < -0.4 is 5.32 Å². The van der Waals surface area contributed by atoms with Crippen molar-refractivity contribution in [3.8, 4) is 5.75 Å². The molecule has 1 aromatic rings. The van der Waals surface area contributed by atoms with Gasteiger partial charge >= 0.3 is 0 Å². The van der Waals surface area contributed by atoms with Crippen LogP contribution in [0.1, 0.15) is 31.4 Å². The number of hydrogen-bond acceptors (Lipinski definition) is 2. The minimum Gasteiger partial charge on any atom is -0.506 e. The zero-order valence-electron chi connectivity index (χ0n) is 11.0. The topological polar surface area (TPSA) is 32.3 Å². The lowest BCUT2D eigenvalue weighted by Crippen LogP contribution is -2.56. The first-order chi connectivity index (χ1) is 8.45. The predicted molar refractivity (Wildman–Crippen MR) is 87.4 cm³/mol. The molecule has 1 heterocycles. The SMILES string of the molecule is CC1C2Cc3cc(Br)c(O)c(Br)c3C1(C)CCN2.Cl. The molecule has 2 aliphatic rings. The van der Waals surface area contributed by atoms with E-state index >= 15 is 0 Å². The molecule has 1 fully saturated rings. The van der Waals surface area contributed by atoms with Crippen molar-refractivity contribution in [2.75, 3.05) is 6.54 Å². The van der Waals surface area contributed by atoms with Crippen LogP contribution in [0.25, 0.3) is 0 Å². The maximum Gasteiger partial charge on any atom is 0.144 e. The molecule has 0 amide bonds. The number of phenols is 1. The summed E-state index contributed by atoms with van der Waals surface area (Å²) in [6.07, 6.45) is 2.17. The van der Waals surface area contributed by atoms with Gasteiger partial charge in [-0.2, -0.15) is 0 Å². The first-order valence-corrected chi connectivity index (χ1v) is 7.97. The van der Waals surface area contributed by atoms with Crippen molar-refractivity contribution >= 4 is 44.3 Å². The first-order valence-electron chi connectivity index (χ1n) is 6.39. The van der Waals surface area contributed by atoms with Gasteiger partial charge in [0.2, 0.25) is 0 Å². The van der Waals surface area contributed by atoms with Crippen molar-refractivity contribution in [3.05, 3.63) is 26.1 Å². The second kappa shape index (κ2) is 5.21. The molecule has 5 heteroatoms.